The second-order valence-electron chi connectivity index (χ2n) is 4.50. The van der Waals surface area contributed by atoms with Crippen molar-refractivity contribution in [3.8, 4) is 0 Å². The van der Waals surface area contributed by atoms with Gasteiger partial charge >= 0.3 is 0 Å². The lowest BCUT2D eigenvalue weighted by Crippen LogP contribution is -2.11. The highest BCUT2D eigenvalue weighted by Gasteiger charge is 2.21. The van der Waals surface area contributed by atoms with Crippen LogP contribution in [-0.4, -0.2) is 4.83 Å². The minimum Gasteiger partial charge on any atom is -0.145 e. The van der Waals surface area contributed by atoms with Crippen LogP contribution in [0.4, 0.5) is 0 Å². The maximum Gasteiger partial charge on any atom is 0.0146 e. The second kappa shape index (κ2) is 5.49. The van der Waals surface area contributed by atoms with Crippen molar-refractivity contribution in [2.24, 2.45) is 0 Å². The summed E-state index contributed by atoms with van der Waals surface area (Å²) in [6.07, 6.45) is 7.99. The molecule has 84 valence electrons. The number of alkyl halides is 1. The van der Waals surface area contributed by atoms with Gasteiger partial charge < -0.3 is 0 Å². The van der Waals surface area contributed by atoms with Gasteiger partial charge in [-0.1, -0.05) is 29.3 Å². The number of rotatable bonds is 3. The Kier molecular flexibility index (Phi) is 4.27. The Morgan fingerprint density at radius 2 is 2.00 bits per heavy atom. The van der Waals surface area contributed by atoms with Gasteiger partial charge in [0.05, 0.1) is 0 Å². The predicted molar refractivity (Wildman–Crippen MR) is 72.2 cm³/mol. The first kappa shape index (κ1) is 11.7. The molecule has 0 saturated heterocycles. The van der Waals surface area contributed by atoms with E-state index in [0.29, 0.717) is 0 Å². The van der Waals surface area contributed by atoms with Gasteiger partial charge in [-0.25, -0.2) is 0 Å². The molecule has 0 unspecified atom stereocenters. The third-order valence-corrected chi connectivity index (χ3v) is 5.46. The molecule has 0 nitrogen and oxygen atoms in total. The van der Waals surface area contributed by atoms with Crippen molar-refractivity contribution in [3.63, 3.8) is 0 Å². The van der Waals surface area contributed by atoms with Crippen LogP contribution in [0.2, 0.25) is 0 Å². The third-order valence-electron chi connectivity index (χ3n) is 3.24. The maximum atomic E-state index is 3.72. The van der Waals surface area contributed by atoms with Gasteiger partial charge in [-0.2, -0.15) is 0 Å². The third kappa shape index (κ3) is 3.07. The highest BCUT2D eigenvalue weighted by molar-refractivity contribution is 9.09. The molecule has 15 heavy (non-hydrogen) atoms. The van der Waals surface area contributed by atoms with E-state index in [1.807, 2.05) is 11.3 Å². The zero-order chi connectivity index (χ0) is 10.7. The first-order valence-electron chi connectivity index (χ1n) is 6.02. The zero-order valence-electron chi connectivity index (χ0n) is 9.34. The summed E-state index contributed by atoms with van der Waals surface area (Å²) in [6, 6.07) is 4.71. The van der Waals surface area contributed by atoms with Gasteiger partial charge in [-0.3, -0.25) is 0 Å². The average molecular weight is 287 g/mol. The molecular weight excluding hydrogens is 268 g/mol. The summed E-state index contributed by atoms with van der Waals surface area (Å²) in [7, 11) is 0. The normalized spacial score (nSPS) is 26.8. The van der Waals surface area contributed by atoms with Gasteiger partial charge in [0, 0.05) is 14.6 Å². The summed E-state index contributed by atoms with van der Waals surface area (Å²) in [5.41, 5.74) is 0. The quantitative estimate of drug-likeness (QED) is 0.677. The molecule has 2 heteroatoms. The van der Waals surface area contributed by atoms with E-state index < -0.39 is 0 Å². The van der Waals surface area contributed by atoms with Gasteiger partial charge in [0.1, 0.15) is 0 Å². The van der Waals surface area contributed by atoms with Crippen molar-refractivity contribution in [1.29, 1.82) is 0 Å². The predicted octanol–water partition coefficient (Wildman–Crippen LogP) is 5.12. The van der Waals surface area contributed by atoms with Crippen molar-refractivity contribution in [2.75, 3.05) is 0 Å². The topological polar surface area (TPSA) is 0 Å². The molecule has 1 aliphatic rings. The van der Waals surface area contributed by atoms with Gasteiger partial charge in [0.25, 0.3) is 0 Å². The van der Waals surface area contributed by atoms with Crippen LogP contribution in [0.5, 0.6) is 0 Å². The molecule has 0 spiro atoms. The van der Waals surface area contributed by atoms with Crippen LogP contribution in [0.1, 0.15) is 54.7 Å². The van der Waals surface area contributed by atoms with E-state index in [0.717, 1.165) is 10.7 Å². The van der Waals surface area contributed by atoms with Crippen LogP contribution in [-0.2, 0) is 6.42 Å². The van der Waals surface area contributed by atoms with Crippen LogP contribution < -0.4 is 0 Å². The molecule has 1 fully saturated rings. The van der Waals surface area contributed by atoms with Crippen LogP contribution in [0, 0.1) is 0 Å². The lowest BCUT2D eigenvalue weighted by Gasteiger charge is -2.24. The highest BCUT2D eigenvalue weighted by atomic mass is 79.9. The monoisotopic (exact) mass is 286 g/mol. The Labute approximate surface area is 105 Å². The molecule has 0 atom stereocenters. The van der Waals surface area contributed by atoms with Crippen molar-refractivity contribution in [2.45, 2.75) is 56.2 Å². The molecule has 1 aromatic rings. The highest BCUT2D eigenvalue weighted by Crippen LogP contribution is 2.38. The molecule has 0 aliphatic heterocycles. The molecule has 1 aromatic heterocycles. The summed E-state index contributed by atoms with van der Waals surface area (Å²) < 4.78 is 0. The van der Waals surface area contributed by atoms with E-state index in [4.69, 9.17) is 0 Å². The van der Waals surface area contributed by atoms with Crippen molar-refractivity contribution in [1.82, 2.24) is 0 Å². The van der Waals surface area contributed by atoms with Crippen LogP contribution in [0.25, 0.3) is 0 Å². The molecule has 0 bridgehead atoms. The zero-order valence-corrected chi connectivity index (χ0v) is 11.7. The fraction of sp³-hybridized carbons (Fsp3) is 0.692. The van der Waals surface area contributed by atoms with Crippen molar-refractivity contribution in [3.05, 3.63) is 21.9 Å². The Balaban J connectivity index is 1.96. The van der Waals surface area contributed by atoms with Gasteiger partial charge in [-0.05, 0) is 50.2 Å². The lowest BCUT2D eigenvalue weighted by atomic mass is 9.88. The number of hydrogen-bond acceptors (Lipinski definition) is 1. The van der Waals surface area contributed by atoms with Crippen molar-refractivity contribution >= 4 is 27.3 Å². The second-order valence-corrected chi connectivity index (χ2v) is 7.00. The summed E-state index contributed by atoms with van der Waals surface area (Å²) in [6.45, 7) is 2.26. The van der Waals surface area contributed by atoms with Crippen LogP contribution in [0.3, 0.4) is 0 Å². The molecule has 0 radical (unpaired) electrons. The number of hydrogen-bond donors (Lipinski definition) is 0. The SMILES string of the molecule is CCCc1ccc(C2CCC(Br)CC2)s1. The fourth-order valence-corrected chi connectivity index (χ4v) is 4.14. The van der Waals surface area contributed by atoms with Crippen molar-refractivity contribution < 1.29 is 0 Å². The molecule has 1 saturated carbocycles. The average Bonchev–Trinajstić information content (AvgIpc) is 2.68. The first-order chi connectivity index (χ1) is 7.29. The Hall–Kier alpha value is 0.180. The van der Waals surface area contributed by atoms with Crippen LogP contribution >= 0.6 is 27.3 Å². The molecule has 0 N–H and O–H groups in total. The Morgan fingerprint density at radius 1 is 1.27 bits per heavy atom. The first-order valence-corrected chi connectivity index (χ1v) is 7.75. The lowest BCUT2D eigenvalue weighted by molar-refractivity contribution is 0.462. The van der Waals surface area contributed by atoms with E-state index in [2.05, 4.69) is 35.0 Å². The standard InChI is InChI=1S/C13H19BrS/c1-2-3-12-8-9-13(15-12)10-4-6-11(14)7-5-10/h8-11H,2-7H2,1H3. The van der Waals surface area contributed by atoms with Gasteiger partial charge in [-0.15, -0.1) is 11.3 Å². The summed E-state index contributed by atoms with van der Waals surface area (Å²) in [4.78, 5) is 4.00. The van der Waals surface area contributed by atoms with E-state index in [-0.39, 0.29) is 0 Å². The molecule has 1 aliphatic carbocycles. The van der Waals surface area contributed by atoms with E-state index in [1.165, 1.54) is 38.5 Å². The van der Waals surface area contributed by atoms with E-state index in [1.54, 1.807) is 9.75 Å². The van der Waals surface area contributed by atoms with Crippen LogP contribution in [0.15, 0.2) is 12.1 Å². The molecule has 0 amide bonds. The summed E-state index contributed by atoms with van der Waals surface area (Å²) in [5.74, 6) is 0.856. The smallest absolute Gasteiger partial charge is 0.0146 e. The molecule has 2 rings (SSSR count). The minimum atomic E-state index is 0.781. The molecule has 0 aromatic carbocycles. The molecular formula is C13H19BrS. The Bertz CT molecular complexity index is 297. The molecule has 1 heterocycles. The number of halogens is 1. The maximum absolute atomic E-state index is 3.72. The minimum absolute atomic E-state index is 0.781. The van der Waals surface area contributed by atoms with E-state index in [9.17, 15) is 0 Å². The number of aryl methyl sites for hydroxylation is 1. The largest absolute Gasteiger partial charge is 0.145 e. The van der Waals surface area contributed by atoms with E-state index >= 15 is 0 Å². The Morgan fingerprint density at radius 3 is 2.67 bits per heavy atom. The summed E-state index contributed by atoms with van der Waals surface area (Å²) in [5, 5.41) is 0. The van der Waals surface area contributed by atoms with Gasteiger partial charge in [0.2, 0.25) is 0 Å². The van der Waals surface area contributed by atoms with Gasteiger partial charge in [0.15, 0.2) is 0 Å². The summed E-state index contributed by atoms with van der Waals surface area (Å²) >= 11 is 5.77. The number of thiophene rings is 1. The fourth-order valence-electron chi connectivity index (χ4n) is 2.33.